The Bertz CT molecular complexity index is 257. The van der Waals surface area contributed by atoms with Crippen LogP contribution in [0.1, 0.15) is 14.5 Å². The molecule has 0 aliphatic rings. The number of nitrogens with two attached hydrogens (primary N) is 1. The van der Waals surface area contributed by atoms with Gasteiger partial charge in [-0.2, -0.15) is 0 Å². The average Bonchev–Trinajstić information content (AvgIpc) is 2.50. The van der Waals surface area contributed by atoms with Gasteiger partial charge in [-0.15, -0.1) is 11.3 Å². The van der Waals surface area contributed by atoms with Crippen LogP contribution < -0.4 is 11.1 Å². The van der Waals surface area contributed by atoms with Crippen molar-refractivity contribution in [2.75, 3.05) is 7.05 Å². The van der Waals surface area contributed by atoms with Crippen LogP contribution in [0.4, 0.5) is 0 Å². The predicted octanol–water partition coefficient (Wildman–Crippen LogP) is 0.566. The summed E-state index contributed by atoms with van der Waals surface area (Å²) in [6.07, 6.45) is 0. The molecule has 3 N–H and O–H groups in total. The van der Waals surface area contributed by atoms with Crippen LogP contribution in [0, 0.1) is 0 Å². The number of thiophene rings is 1. The molecule has 1 aromatic heterocycles. The minimum atomic E-state index is -0.0466. The quantitative estimate of drug-likeness (QED) is 0.681. The van der Waals surface area contributed by atoms with Gasteiger partial charge in [0.05, 0.1) is 4.88 Å². The Morgan fingerprint density at radius 3 is 2.91 bits per heavy atom. The summed E-state index contributed by atoms with van der Waals surface area (Å²) in [5.41, 5.74) is 5.38. The number of hydrogen-bond acceptors (Lipinski definition) is 3. The molecular weight excluding hydrogens is 160 g/mol. The second-order valence-corrected chi connectivity index (χ2v) is 3.22. The molecule has 0 bridgehead atoms. The fourth-order valence-corrected chi connectivity index (χ4v) is 1.57. The van der Waals surface area contributed by atoms with Crippen molar-refractivity contribution in [1.82, 2.24) is 5.32 Å². The number of amides is 1. The zero-order valence-electron chi connectivity index (χ0n) is 6.26. The van der Waals surface area contributed by atoms with Gasteiger partial charge in [0.15, 0.2) is 0 Å². The van der Waals surface area contributed by atoms with E-state index in [0.29, 0.717) is 11.4 Å². The lowest BCUT2D eigenvalue weighted by molar-refractivity contribution is 0.0967. The lowest BCUT2D eigenvalue weighted by Gasteiger charge is -1.91. The third-order valence-electron chi connectivity index (χ3n) is 1.31. The molecule has 0 fully saturated rings. The van der Waals surface area contributed by atoms with Crippen molar-refractivity contribution in [3.05, 3.63) is 21.9 Å². The summed E-state index contributed by atoms with van der Waals surface area (Å²) >= 11 is 1.43. The highest BCUT2D eigenvalue weighted by Crippen LogP contribution is 2.14. The van der Waals surface area contributed by atoms with Crippen molar-refractivity contribution in [3.8, 4) is 0 Å². The van der Waals surface area contributed by atoms with E-state index in [4.69, 9.17) is 5.73 Å². The van der Waals surface area contributed by atoms with Crippen molar-refractivity contribution in [1.29, 1.82) is 0 Å². The summed E-state index contributed by atoms with van der Waals surface area (Å²) < 4.78 is 0. The van der Waals surface area contributed by atoms with Crippen molar-refractivity contribution < 1.29 is 4.79 Å². The van der Waals surface area contributed by atoms with E-state index in [1.165, 1.54) is 11.3 Å². The molecular formula is C7H10N2OS. The maximum absolute atomic E-state index is 11.0. The van der Waals surface area contributed by atoms with Crippen LogP contribution in [0.25, 0.3) is 0 Å². The van der Waals surface area contributed by atoms with Crippen molar-refractivity contribution >= 4 is 17.2 Å². The second kappa shape index (κ2) is 3.50. The fourth-order valence-electron chi connectivity index (χ4n) is 0.733. The summed E-state index contributed by atoms with van der Waals surface area (Å²) in [7, 11) is 1.62. The summed E-state index contributed by atoms with van der Waals surface area (Å²) in [5.74, 6) is -0.0466. The Kier molecular flexibility index (Phi) is 2.62. The zero-order valence-corrected chi connectivity index (χ0v) is 7.07. The Morgan fingerprint density at radius 2 is 2.45 bits per heavy atom. The smallest absolute Gasteiger partial charge is 0.261 e. The molecule has 3 nitrogen and oxygen atoms in total. The summed E-state index contributed by atoms with van der Waals surface area (Å²) in [6.45, 7) is 0.502. The molecule has 0 unspecified atom stereocenters. The minimum Gasteiger partial charge on any atom is -0.354 e. The van der Waals surface area contributed by atoms with Crippen LogP contribution in [-0.4, -0.2) is 13.0 Å². The molecule has 1 rings (SSSR count). The van der Waals surface area contributed by atoms with Crippen molar-refractivity contribution in [3.63, 3.8) is 0 Å². The average molecular weight is 170 g/mol. The van der Waals surface area contributed by atoms with Crippen LogP contribution in [0.3, 0.4) is 0 Å². The number of hydrogen-bond donors (Lipinski definition) is 2. The molecule has 0 saturated carbocycles. The van der Waals surface area contributed by atoms with E-state index in [0.717, 1.165) is 4.88 Å². The first-order valence-electron chi connectivity index (χ1n) is 3.28. The third kappa shape index (κ3) is 1.78. The van der Waals surface area contributed by atoms with Crippen LogP contribution in [0.15, 0.2) is 12.1 Å². The number of nitrogens with one attached hydrogen (secondary N) is 1. The Labute approximate surface area is 69.2 Å². The highest BCUT2D eigenvalue weighted by atomic mass is 32.1. The lowest BCUT2D eigenvalue weighted by Crippen LogP contribution is -2.15. The van der Waals surface area contributed by atoms with Gasteiger partial charge in [0.1, 0.15) is 0 Å². The number of carbonyl (C=O) groups excluding carboxylic acids is 1. The standard InChI is InChI=1S/C7H10N2OS/c1-9-7(10)6-3-2-5(4-8)11-6/h2-3H,4,8H2,1H3,(H,9,10). The first-order chi connectivity index (χ1) is 5.27. The topological polar surface area (TPSA) is 55.1 Å². The molecule has 0 atom stereocenters. The van der Waals surface area contributed by atoms with Gasteiger partial charge in [-0.1, -0.05) is 0 Å². The molecule has 1 heterocycles. The normalized spacial score (nSPS) is 9.64. The third-order valence-corrected chi connectivity index (χ3v) is 2.42. The predicted molar refractivity (Wildman–Crippen MR) is 45.6 cm³/mol. The molecule has 1 amide bonds. The van der Waals surface area contributed by atoms with Gasteiger partial charge < -0.3 is 11.1 Å². The van der Waals surface area contributed by atoms with Crippen LogP contribution in [0.5, 0.6) is 0 Å². The molecule has 0 aliphatic carbocycles. The van der Waals surface area contributed by atoms with Gasteiger partial charge in [0.2, 0.25) is 0 Å². The largest absolute Gasteiger partial charge is 0.354 e. The lowest BCUT2D eigenvalue weighted by atomic mass is 10.4. The van der Waals surface area contributed by atoms with Crippen molar-refractivity contribution in [2.45, 2.75) is 6.54 Å². The van der Waals surface area contributed by atoms with Gasteiger partial charge in [-0.25, -0.2) is 0 Å². The summed E-state index contributed by atoms with van der Waals surface area (Å²) in [6, 6.07) is 3.65. The van der Waals surface area contributed by atoms with Gasteiger partial charge in [-0.05, 0) is 12.1 Å². The second-order valence-electron chi connectivity index (χ2n) is 2.05. The van der Waals surface area contributed by atoms with E-state index in [1.54, 1.807) is 13.1 Å². The van der Waals surface area contributed by atoms with Crippen LogP contribution in [0.2, 0.25) is 0 Å². The molecule has 11 heavy (non-hydrogen) atoms. The number of rotatable bonds is 2. The van der Waals surface area contributed by atoms with Crippen LogP contribution >= 0.6 is 11.3 Å². The molecule has 0 spiro atoms. The van der Waals surface area contributed by atoms with Gasteiger partial charge in [0, 0.05) is 18.5 Å². The number of carbonyl (C=O) groups is 1. The summed E-state index contributed by atoms with van der Waals surface area (Å²) in [5, 5.41) is 2.55. The molecule has 0 aromatic carbocycles. The van der Waals surface area contributed by atoms with Gasteiger partial charge >= 0.3 is 0 Å². The van der Waals surface area contributed by atoms with Gasteiger partial charge in [-0.3, -0.25) is 4.79 Å². The zero-order chi connectivity index (χ0) is 8.27. The van der Waals surface area contributed by atoms with Crippen LogP contribution in [-0.2, 0) is 6.54 Å². The van der Waals surface area contributed by atoms with E-state index in [9.17, 15) is 4.79 Å². The van der Waals surface area contributed by atoms with E-state index in [-0.39, 0.29) is 5.91 Å². The Hall–Kier alpha value is -0.870. The molecule has 0 saturated heterocycles. The molecule has 60 valence electrons. The fraction of sp³-hybridized carbons (Fsp3) is 0.286. The van der Waals surface area contributed by atoms with Gasteiger partial charge in [0.25, 0.3) is 5.91 Å². The maximum Gasteiger partial charge on any atom is 0.261 e. The maximum atomic E-state index is 11.0. The molecule has 4 heteroatoms. The monoisotopic (exact) mass is 170 g/mol. The highest BCUT2D eigenvalue weighted by molar-refractivity contribution is 7.14. The first-order valence-corrected chi connectivity index (χ1v) is 4.10. The SMILES string of the molecule is CNC(=O)c1ccc(CN)s1. The minimum absolute atomic E-state index is 0.0466. The molecule has 0 aliphatic heterocycles. The van der Waals surface area contributed by atoms with E-state index in [2.05, 4.69) is 5.32 Å². The molecule has 0 radical (unpaired) electrons. The first kappa shape index (κ1) is 8.23. The highest BCUT2D eigenvalue weighted by Gasteiger charge is 2.04. The Balaban J connectivity index is 2.80. The van der Waals surface area contributed by atoms with E-state index >= 15 is 0 Å². The molecule has 1 aromatic rings. The van der Waals surface area contributed by atoms with Crippen molar-refractivity contribution in [2.24, 2.45) is 5.73 Å². The summed E-state index contributed by atoms with van der Waals surface area (Å²) in [4.78, 5) is 12.7. The van der Waals surface area contributed by atoms with E-state index < -0.39 is 0 Å². The Morgan fingerprint density at radius 1 is 1.73 bits per heavy atom. The van der Waals surface area contributed by atoms with E-state index in [1.807, 2.05) is 6.07 Å².